The van der Waals surface area contributed by atoms with Gasteiger partial charge in [0.2, 0.25) is 5.91 Å². The minimum absolute atomic E-state index is 0.0895. The molecule has 1 aliphatic carbocycles. The summed E-state index contributed by atoms with van der Waals surface area (Å²) >= 11 is 1.42. The Bertz CT molecular complexity index is 1040. The number of fused-ring (bicyclic) bond motifs is 1. The lowest BCUT2D eigenvalue weighted by Crippen LogP contribution is -2.60. The van der Waals surface area contributed by atoms with Crippen LogP contribution in [0, 0.1) is 11.8 Å². The van der Waals surface area contributed by atoms with Gasteiger partial charge in [-0.2, -0.15) is 0 Å². The molecule has 2 aliphatic heterocycles. The number of thioether (sulfide) groups is 1. The molecule has 4 rings (SSSR count). The second kappa shape index (κ2) is 16.6. The average molecular weight is 601 g/mol. The molecule has 0 radical (unpaired) electrons. The molecule has 0 unspecified atom stereocenters. The van der Waals surface area contributed by atoms with Crippen molar-refractivity contribution in [2.24, 2.45) is 16.8 Å². The van der Waals surface area contributed by atoms with Gasteiger partial charge in [0.05, 0.1) is 43.9 Å². The van der Waals surface area contributed by atoms with E-state index in [-0.39, 0.29) is 22.9 Å². The van der Waals surface area contributed by atoms with E-state index in [4.69, 9.17) is 0 Å². The number of aliphatic hydroxyl groups excluding tert-OH is 1. The van der Waals surface area contributed by atoms with E-state index in [9.17, 15) is 19.8 Å². The number of aliphatic carboxylic acids is 1. The molecule has 1 saturated heterocycles. The van der Waals surface area contributed by atoms with Crippen molar-refractivity contribution >= 4 is 35.0 Å². The summed E-state index contributed by atoms with van der Waals surface area (Å²) < 4.78 is 1.42. The summed E-state index contributed by atoms with van der Waals surface area (Å²) in [5.74, 6) is -1.80. The molecule has 3 aliphatic rings. The highest BCUT2D eigenvalue weighted by molar-refractivity contribution is 8.04. The van der Waals surface area contributed by atoms with Gasteiger partial charge in [0.1, 0.15) is 11.1 Å². The van der Waals surface area contributed by atoms with Crippen molar-refractivity contribution in [1.29, 1.82) is 0 Å². The van der Waals surface area contributed by atoms with E-state index in [0.29, 0.717) is 12.8 Å². The molecule has 234 valence electrons. The number of allylic oxidation sites excluding steroid dienone is 1. The molecule has 2 heterocycles. The molecule has 1 saturated carbocycles. The first-order valence-corrected chi connectivity index (χ1v) is 17.2. The maximum absolute atomic E-state index is 12.2. The lowest BCUT2D eigenvalue weighted by molar-refractivity contribution is -0.929. The third kappa shape index (κ3) is 8.48. The highest BCUT2D eigenvalue weighted by Crippen LogP contribution is 2.55. The van der Waals surface area contributed by atoms with Crippen LogP contribution in [0.25, 0.3) is 0 Å². The van der Waals surface area contributed by atoms with Crippen molar-refractivity contribution in [2.75, 3.05) is 26.2 Å². The molecule has 7 nitrogen and oxygen atoms in total. The van der Waals surface area contributed by atoms with Gasteiger partial charge >= 0.3 is 5.97 Å². The van der Waals surface area contributed by atoms with E-state index < -0.39 is 18.0 Å². The van der Waals surface area contributed by atoms with Gasteiger partial charge in [0.25, 0.3) is 0 Å². The fourth-order valence-corrected chi connectivity index (χ4v) is 7.93. The fourth-order valence-electron chi connectivity index (χ4n) is 6.21. The molecule has 0 bridgehead atoms. The number of hydrogen-bond donors (Lipinski definition) is 2. The van der Waals surface area contributed by atoms with Gasteiger partial charge in [0.15, 0.2) is 0 Å². The van der Waals surface area contributed by atoms with Crippen LogP contribution in [-0.4, -0.2) is 74.8 Å². The zero-order chi connectivity index (χ0) is 30.7. The second-order valence-electron chi connectivity index (χ2n) is 12.3. The first-order valence-electron chi connectivity index (χ1n) is 16.3. The number of amides is 1. The number of aliphatic imine (C=N–C) groups is 1. The largest absolute Gasteiger partial charge is 0.477 e. The number of carbonyl (C=O) groups is 2. The van der Waals surface area contributed by atoms with Crippen molar-refractivity contribution in [2.45, 2.75) is 110 Å². The third-order valence-corrected chi connectivity index (χ3v) is 10.4. The first kappa shape index (κ1) is 34.3. The average Bonchev–Trinajstić information content (AvgIpc) is 3.29. The molecule has 2 fully saturated rings. The summed E-state index contributed by atoms with van der Waals surface area (Å²) in [4.78, 5) is 30.6. The maximum Gasteiger partial charge on any atom is 0.353 e. The second-order valence-corrected chi connectivity index (χ2v) is 13.4. The minimum atomic E-state index is -1.07. The number of rotatable bonds is 16. The van der Waals surface area contributed by atoms with Crippen molar-refractivity contribution in [3.63, 3.8) is 0 Å². The SMILES string of the molecule is CCCC[N+](CCCC)(CCCC)CCCC.C[C@@H](O)[C@H]1C(=O)N2C(C(=O)O)=C(C3CC(=Nc4ccccc4)C3)S[C@H]12. The van der Waals surface area contributed by atoms with Gasteiger partial charge < -0.3 is 14.7 Å². The number of para-hydroxylation sites is 1. The van der Waals surface area contributed by atoms with Crippen LogP contribution in [0.2, 0.25) is 0 Å². The van der Waals surface area contributed by atoms with Crippen LogP contribution in [0.15, 0.2) is 45.9 Å². The van der Waals surface area contributed by atoms with Gasteiger partial charge in [-0.05, 0) is 57.6 Å². The molecule has 8 heteroatoms. The molecule has 1 aromatic carbocycles. The zero-order valence-corrected chi connectivity index (χ0v) is 27.4. The highest BCUT2D eigenvalue weighted by Gasteiger charge is 2.58. The van der Waals surface area contributed by atoms with Crippen LogP contribution < -0.4 is 0 Å². The first-order chi connectivity index (χ1) is 20.2. The van der Waals surface area contributed by atoms with Gasteiger partial charge in [0, 0.05) is 16.5 Å². The Balaban J connectivity index is 0.000000252. The molecule has 0 aromatic heterocycles. The maximum atomic E-state index is 12.2. The Morgan fingerprint density at radius 3 is 1.88 bits per heavy atom. The van der Waals surface area contributed by atoms with Crippen molar-refractivity contribution in [1.82, 2.24) is 4.90 Å². The summed E-state index contributed by atoms with van der Waals surface area (Å²) in [5.41, 5.74) is 2.04. The van der Waals surface area contributed by atoms with Gasteiger partial charge in [-0.15, -0.1) is 11.8 Å². The normalized spacial score (nSPS) is 22.1. The van der Waals surface area contributed by atoms with Crippen LogP contribution in [0.1, 0.15) is 98.8 Å². The number of hydrogen-bond acceptors (Lipinski definition) is 5. The van der Waals surface area contributed by atoms with E-state index in [1.54, 1.807) is 6.92 Å². The summed E-state index contributed by atoms with van der Waals surface area (Å²) in [6, 6.07) is 9.67. The summed E-state index contributed by atoms with van der Waals surface area (Å²) in [7, 11) is 0. The molecule has 42 heavy (non-hydrogen) atoms. The quantitative estimate of drug-likeness (QED) is 0.153. The highest BCUT2D eigenvalue weighted by atomic mass is 32.2. The van der Waals surface area contributed by atoms with E-state index >= 15 is 0 Å². The Morgan fingerprint density at radius 2 is 1.45 bits per heavy atom. The lowest BCUT2D eigenvalue weighted by Gasteiger charge is -2.43. The summed E-state index contributed by atoms with van der Waals surface area (Å²) in [5, 5.41) is 19.0. The minimum Gasteiger partial charge on any atom is -0.477 e. The predicted octanol–water partition coefficient (Wildman–Crippen LogP) is 7.38. The van der Waals surface area contributed by atoms with Crippen molar-refractivity contribution in [3.8, 4) is 0 Å². The van der Waals surface area contributed by atoms with Crippen molar-refractivity contribution < 1.29 is 24.3 Å². The van der Waals surface area contributed by atoms with E-state index in [1.807, 2.05) is 30.3 Å². The van der Waals surface area contributed by atoms with Gasteiger partial charge in [-0.3, -0.25) is 14.7 Å². The van der Waals surface area contributed by atoms with Crippen LogP contribution in [-0.2, 0) is 9.59 Å². The Labute approximate surface area is 258 Å². The molecule has 2 N–H and O–H groups in total. The summed E-state index contributed by atoms with van der Waals surface area (Å²) in [6.07, 6.45) is 11.7. The smallest absolute Gasteiger partial charge is 0.353 e. The Kier molecular flexibility index (Phi) is 13.6. The van der Waals surface area contributed by atoms with Crippen LogP contribution >= 0.6 is 11.8 Å². The standard InChI is InChI=1S/C18H18N2O4S.C16H36N/c1-9(21)13-16(22)20-14(18(23)24)15(25-17(13)20)10-7-12(8-10)19-11-5-3-2-4-6-11;1-5-9-13-17(14-10-6-2,15-11-7-3)16-12-8-4/h2-6,9-10,13,17,21H,7-8H2,1H3,(H,23,24);5-16H2,1-4H3/q;+1/t9-,10?,13+,17-;/m1./s1. The predicted molar refractivity (Wildman–Crippen MR) is 174 cm³/mol. The number of aliphatic hydroxyl groups is 1. The summed E-state index contributed by atoms with van der Waals surface area (Å²) in [6.45, 7) is 16.6. The number of carboxylic acids is 1. The van der Waals surface area contributed by atoms with Gasteiger partial charge in [-0.1, -0.05) is 71.6 Å². The van der Waals surface area contributed by atoms with Gasteiger partial charge in [-0.25, -0.2) is 4.79 Å². The molecular formula is C34H54N3O4S+. The molecule has 1 aromatic rings. The van der Waals surface area contributed by atoms with Crippen LogP contribution in [0.5, 0.6) is 0 Å². The van der Waals surface area contributed by atoms with E-state index in [0.717, 1.165) is 16.3 Å². The number of quaternary nitrogens is 1. The van der Waals surface area contributed by atoms with E-state index in [1.165, 1.54) is 98.7 Å². The number of unbranched alkanes of at least 4 members (excludes halogenated alkanes) is 4. The van der Waals surface area contributed by atoms with E-state index in [2.05, 4.69) is 32.7 Å². The molecule has 1 amide bonds. The number of benzene rings is 1. The fraction of sp³-hybridized carbons (Fsp3) is 0.676. The molecule has 0 spiro atoms. The molecule has 3 atom stereocenters. The van der Waals surface area contributed by atoms with Crippen molar-refractivity contribution in [3.05, 3.63) is 40.9 Å². The number of carboxylic acid groups (broad SMARTS) is 1. The number of nitrogens with zero attached hydrogens (tertiary/aromatic N) is 3. The number of β-lactam (4-membered cyclic amide) rings is 1. The zero-order valence-electron chi connectivity index (χ0n) is 26.6. The Hall–Kier alpha value is -2.16. The van der Waals surface area contributed by atoms with Crippen LogP contribution in [0.4, 0.5) is 5.69 Å². The topological polar surface area (TPSA) is 90.2 Å². The third-order valence-electron chi connectivity index (χ3n) is 8.85. The van der Waals surface area contributed by atoms with Crippen LogP contribution in [0.3, 0.4) is 0 Å². The Morgan fingerprint density at radius 1 is 0.952 bits per heavy atom. The number of carbonyl (C=O) groups excluding carboxylic acids is 1. The molecular weight excluding hydrogens is 546 g/mol. The lowest BCUT2D eigenvalue weighted by atomic mass is 9.81. The monoisotopic (exact) mass is 600 g/mol.